The monoisotopic (exact) mass is 224 g/mol. The summed E-state index contributed by atoms with van der Waals surface area (Å²) in [5.41, 5.74) is -0.349. The molecule has 16 heavy (non-hydrogen) atoms. The summed E-state index contributed by atoms with van der Waals surface area (Å²) in [4.78, 5) is 22.0. The number of carbonyl (C=O) groups is 1. The molecule has 5 nitrogen and oxygen atoms in total. The Balaban J connectivity index is 2.75. The third-order valence-electron chi connectivity index (χ3n) is 2.24. The molecule has 0 radical (unpaired) electrons. The van der Waals surface area contributed by atoms with Crippen molar-refractivity contribution < 1.29 is 9.90 Å². The highest BCUT2D eigenvalue weighted by Gasteiger charge is 2.07. The number of carboxylic acid groups (broad SMARTS) is 1. The molecule has 1 aromatic rings. The maximum Gasteiger partial charge on any atom is 0.356 e. The molecule has 0 saturated carbocycles. The highest BCUT2D eigenvalue weighted by atomic mass is 16.4. The zero-order chi connectivity index (χ0) is 12.1. The van der Waals surface area contributed by atoms with E-state index in [0.717, 1.165) is 12.8 Å². The first-order valence-electron chi connectivity index (χ1n) is 5.32. The quantitative estimate of drug-likeness (QED) is 0.820. The second kappa shape index (κ2) is 5.44. The second-order valence-electron chi connectivity index (χ2n) is 4.12. The van der Waals surface area contributed by atoms with Crippen LogP contribution in [0, 0.1) is 5.92 Å². The van der Waals surface area contributed by atoms with E-state index in [9.17, 15) is 9.59 Å². The number of carboxylic acids is 1. The van der Waals surface area contributed by atoms with Gasteiger partial charge in [0.15, 0.2) is 5.69 Å². The molecule has 1 N–H and O–H groups in total. The summed E-state index contributed by atoms with van der Waals surface area (Å²) < 4.78 is 1.21. The first kappa shape index (κ1) is 12.4. The van der Waals surface area contributed by atoms with E-state index in [0.29, 0.717) is 12.5 Å². The van der Waals surface area contributed by atoms with Gasteiger partial charge in [0.25, 0.3) is 5.56 Å². The zero-order valence-corrected chi connectivity index (χ0v) is 9.51. The highest BCUT2D eigenvalue weighted by molar-refractivity contribution is 5.84. The van der Waals surface area contributed by atoms with E-state index in [1.54, 1.807) is 0 Å². The summed E-state index contributed by atoms with van der Waals surface area (Å²) in [6.07, 6.45) is 1.82. The first-order valence-corrected chi connectivity index (χ1v) is 5.32. The van der Waals surface area contributed by atoms with Crippen LogP contribution in [0.5, 0.6) is 0 Å². The average Bonchev–Trinajstić information content (AvgIpc) is 2.20. The Bertz CT molecular complexity index is 423. The summed E-state index contributed by atoms with van der Waals surface area (Å²) in [5, 5.41) is 12.5. The lowest BCUT2D eigenvalue weighted by Crippen LogP contribution is -2.24. The van der Waals surface area contributed by atoms with Crippen LogP contribution >= 0.6 is 0 Å². The number of hydrogen-bond acceptors (Lipinski definition) is 3. The summed E-state index contributed by atoms with van der Waals surface area (Å²) in [6.45, 7) is 4.67. The van der Waals surface area contributed by atoms with Gasteiger partial charge in [0.1, 0.15) is 0 Å². The molecule has 88 valence electrons. The molecule has 0 spiro atoms. The van der Waals surface area contributed by atoms with E-state index in [-0.39, 0.29) is 11.3 Å². The van der Waals surface area contributed by atoms with Gasteiger partial charge in [-0.25, -0.2) is 9.48 Å². The molecule has 0 atom stereocenters. The molecular formula is C11H16N2O3. The fourth-order valence-corrected chi connectivity index (χ4v) is 1.37. The number of rotatable bonds is 5. The molecular weight excluding hydrogens is 208 g/mol. The minimum Gasteiger partial charge on any atom is -0.476 e. The summed E-state index contributed by atoms with van der Waals surface area (Å²) >= 11 is 0. The van der Waals surface area contributed by atoms with Gasteiger partial charge in [0, 0.05) is 12.6 Å². The Labute approximate surface area is 93.7 Å². The van der Waals surface area contributed by atoms with Gasteiger partial charge in [-0.05, 0) is 24.8 Å². The van der Waals surface area contributed by atoms with E-state index in [2.05, 4.69) is 18.9 Å². The van der Waals surface area contributed by atoms with Crippen molar-refractivity contribution >= 4 is 5.97 Å². The van der Waals surface area contributed by atoms with Crippen LogP contribution in [0.2, 0.25) is 0 Å². The Morgan fingerprint density at radius 1 is 1.50 bits per heavy atom. The number of aromatic nitrogens is 2. The van der Waals surface area contributed by atoms with Gasteiger partial charge in [-0.1, -0.05) is 13.8 Å². The van der Waals surface area contributed by atoms with Crippen molar-refractivity contribution in [2.24, 2.45) is 5.92 Å². The van der Waals surface area contributed by atoms with Crippen LogP contribution in [0.4, 0.5) is 0 Å². The Morgan fingerprint density at radius 2 is 2.19 bits per heavy atom. The fraction of sp³-hybridized carbons (Fsp3) is 0.545. The fourth-order valence-electron chi connectivity index (χ4n) is 1.37. The molecule has 0 amide bonds. The predicted molar refractivity (Wildman–Crippen MR) is 59.5 cm³/mol. The average molecular weight is 224 g/mol. The summed E-state index contributed by atoms with van der Waals surface area (Å²) in [6, 6.07) is 2.47. The molecule has 0 aliphatic carbocycles. The minimum atomic E-state index is -1.11. The minimum absolute atomic E-state index is 0.0934. The van der Waals surface area contributed by atoms with Crippen molar-refractivity contribution in [2.45, 2.75) is 33.2 Å². The van der Waals surface area contributed by atoms with Crippen LogP contribution in [-0.4, -0.2) is 20.9 Å². The van der Waals surface area contributed by atoms with Crippen molar-refractivity contribution in [1.82, 2.24) is 9.78 Å². The standard InChI is InChI=1S/C11H16N2O3/c1-8(2)4-3-7-13-10(14)6-5-9(12-13)11(15)16/h5-6,8H,3-4,7H2,1-2H3,(H,15,16). The molecule has 1 rings (SSSR count). The summed E-state index contributed by atoms with van der Waals surface area (Å²) in [5.74, 6) is -0.545. The molecule has 0 aliphatic rings. The Kier molecular flexibility index (Phi) is 4.22. The second-order valence-corrected chi connectivity index (χ2v) is 4.12. The van der Waals surface area contributed by atoms with Crippen LogP contribution in [0.3, 0.4) is 0 Å². The molecule has 0 fully saturated rings. The lowest BCUT2D eigenvalue weighted by Gasteiger charge is -2.06. The lowest BCUT2D eigenvalue weighted by atomic mass is 10.1. The van der Waals surface area contributed by atoms with E-state index in [4.69, 9.17) is 5.11 Å². The van der Waals surface area contributed by atoms with E-state index < -0.39 is 5.97 Å². The van der Waals surface area contributed by atoms with Crippen molar-refractivity contribution in [3.63, 3.8) is 0 Å². The number of aryl methyl sites for hydroxylation is 1. The Hall–Kier alpha value is -1.65. The molecule has 0 aromatic carbocycles. The van der Waals surface area contributed by atoms with Gasteiger partial charge in [0.2, 0.25) is 0 Å². The van der Waals surface area contributed by atoms with Gasteiger partial charge < -0.3 is 5.11 Å². The number of hydrogen-bond donors (Lipinski definition) is 1. The predicted octanol–water partition coefficient (Wildman–Crippen LogP) is 1.38. The van der Waals surface area contributed by atoms with Crippen molar-refractivity contribution in [3.8, 4) is 0 Å². The maximum atomic E-state index is 11.4. The molecule has 0 bridgehead atoms. The number of aromatic carboxylic acids is 1. The van der Waals surface area contributed by atoms with E-state index in [1.165, 1.54) is 16.8 Å². The Morgan fingerprint density at radius 3 is 2.75 bits per heavy atom. The maximum absolute atomic E-state index is 11.4. The van der Waals surface area contributed by atoms with Crippen molar-refractivity contribution in [2.75, 3.05) is 0 Å². The smallest absolute Gasteiger partial charge is 0.356 e. The van der Waals surface area contributed by atoms with Gasteiger partial charge in [0.05, 0.1) is 0 Å². The lowest BCUT2D eigenvalue weighted by molar-refractivity contribution is 0.0687. The largest absolute Gasteiger partial charge is 0.476 e. The molecule has 1 heterocycles. The van der Waals surface area contributed by atoms with Crippen LogP contribution in [0.25, 0.3) is 0 Å². The zero-order valence-electron chi connectivity index (χ0n) is 9.51. The van der Waals surface area contributed by atoms with E-state index >= 15 is 0 Å². The topological polar surface area (TPSA) is 72.2 Å². The normalized spacial score (nSPS) is 10.7. The van der Waals surface area contributed by atoms with E-state index in [1.807, 2.05) is 0 Å². The SMILES string of the molecule is CC(C)CCCn1nc(C(=O)O)ccc1=O. The molecule has 5 heteroatoms. The van der Waals surface area contributed by atoms with Gasteiger partial charge in [-0.2, -0.15) is 5.10 Å². The van der Waals surface area contributed by atoms with Crippen LogP contribution in [0.15, 0.2) is 16.9 Å². The van der Waals surface area contributed by atoms with Crippen LogP contribution < -0.4 is 5.56 Å². The molecule has 0 aliphatic heterocycles. The van der Waals surface area contributed by atoms with Gasteiger partial charge in [-0.3, -0.25) is 4.79 Å². The molecule has 1 aromatic heterocycles. The number of nitrogens with zero attached hydrogens (tertiary/aromatic N) is 2. The third-order valence-corrected chi connectivity index (χ3v) is 2.24. The van der Waals surface area contributed by atoms with Crippen LogP contribution in [-0.2, 0) is 6.54 Å². The highest BCUT2D eigenvalue weighted by Crippen LogP contribution is 2.03. The van der Waals surface area contributed by atoms with Gasteiger partial charge >= 0.3 is 5.97 Å². The van der Waals surface area contributed by atoms with Crippen molar-refractivity contribution in [1.29, 1.82) is 0 Å². The first-order chi connectivity index (χ1) is 7.50. The molecule has 0 saturated heterocycles. The molecule has 0 unspecified atom stereocenters. The van der Waals surface area contributed by atoms with Crippen LogP contribution in [0.1, 0.15) is 37.2 Å². The third kappa shape index (κ3) is 3.49. The van der Waals surface area contributed by atoms with Gasteiger partial charge in [-0.15, -0.1) is 0 Å². The summed E-state index contributed by atoms with van der Waals surface area (Å²) in [7, 11) is 0. The van der Waals surface area contributed by atoms with Crippen molar-refractivity contribution in [3.05, 3.63) is 28.2 Å².